The second-order valence-electron chi connectivity index (χ2n) is 18.6. The normalized spacial score (nSPS) is 13.5. The standard InChI is InChI=1S/C59H48/c1-35-20-22-37-14-8-10-16-42(37)56(35)52-33-51-46-27-24-39(40-25-28-47-48-29-26-41(58(3,4)5)32-55(48)59(6,7)54(47)31-40)30-49(46)53(34-50(51)44-18-12-13-19-45(44)52)57-36(2)21-23-38-15-9-11-17-43(38)57/h8-34H,1-7H3. The minimum absolute atomic E-state index is 0.0984. The molecule has 0 aliphatic heterocycles. The first-order valence-electron chi connectivity index (χ1n) is 21.2. The molecular formula is C59H48. The molecule has 0 heteroatoms. The average molecular weight is 757 g/mol. The van der Waals surface area contributed by atoms with Gasteiger partial charge in [-0.2, -0.15) is 0 Å². The molecule has 1 aliphatic rings. The van der Waals surface area contributed by atoms with Crippen molar-refractivity contribution in [3.63, 3.8) is 0 Å². The lowest BCUT2D eigenvalue weighted by atomic mass is 9.78. The van der Waals surface area contributed by atoms with Crippen molar-refractivity contribution in [1.29, 1.82) is 0 Å². The summed E-state index contributed by atoms with van der Waals surface area (Å²) in [6.45, 7) is 16.3. The van der Waals surface area contributed by atoms with Crippen LogP contribution in [0.5, 0.6) is 0 Å². The lowest BCUT2D eigenvalue weighted by molar-refractivity contribution is 0.584. The quantitative estimate of drug-likeness (QED) is 0.158. The van der Waals surface area contributed by atoms with Crippen LogP contribution in [0.2, 0.25) is 0 Å². The van der Waals surface area contributed by atoms with Crippen molar-refractivity contribution in [1.82, 2.24) is 0 Å². The molecule has 59 heavy (non-hydrogen) atoms. The van der Waals surface area contributed by atoms with Crippen molar-refractivity contribution >= 4 is 53.9 Å². The zero-order chi connectivity index (χ0) is 40.4. The fourth-order valence-electron chi connectivity index (χ4n) is 10.5. The Morgan fingerprint density at radius 2 is 0.831 bits per heavy atom. The van der Waals surface area contributed by atoms with Gasteiger partial charge in [0.2, 0.25) is 0 Å². The number of aryl methyl sites for hydroxylation is 2. The topological polar surface area (TPSA) is 0 Å². The first kappa shape index (κ1) is 35.6. The van der Waals surface area contributed by atoms with Crippen LogP contribution < -0.4 is 0 Å². The van der Waals surface area contributed by atoms with E-state index in [4.69, 9.17) is 0 Å². The Hall–Kier alpha value is -6.50. The summed E-state index contributed by atoms with van der Waals surface area (Å²) in [6, 6.07) is 62.5. The SMILES string of the molecule is Cc1ccc2ccccc2c1-c1cc2c3ccc(-c4ccc5c(c4)C(C)(C)c4cc(C(C)(C)C)ccc4-5)cc3c(-c3c(C)ccc4ccccc34)cc2c2ccccc12. The molecule has 0 radical (unpaired) electrons. The molecule has 0 bridgehead atoms. The van der Waals surface area contributed by atoms with Gasteiger partial charge in [0, 0.05) is 5.41 Å². The second-order valence-corrected chi connectivity index (χ2v) is 18.6. The minimum Gasteiger partial charge on any atom is -0.0616 e. The molecule has 0 atom stereocenters. The summed E-state index contributed by atoms with van der Waals surface area (Å²) in [4.78, 5) is 0. The van der Waals surface area contributed by atoms with Crippen molar-refractivity contribution in [3.8, 4) is 44.5 Å². The molecule has 0 amide bonds. The summed E-state index contributed by atoms with van der Waals surface area (Å²) < 4.78 is 0. The molecule has 11 rings (SSSR count). The van der Waals surface area contributed by atoms with Crippen molar-refractivity contribution < 1.29 is 0 Å². The van der Waals surface area contributed by atoms with E-state index in [0.717, 1.165) is 0 Å². The Bertz CT molecular complexity index is 3400. The van der Waals surface area contributed by atoms with Crippen LogP contribution in [-0.4, -0.2) is 0 Å². The summed E-state index contributed by atoms with van der Waals surface area (Å²) >= 11 is 0. The molecule has 10 aromatic carbocycles. The van der Waals surface area contributed by atoms with Crippen LogP contribution in [0.15, 0.2) is 164 Å². The second kappa shape index (κ2) is 12.7. The molecule has 0 N–H and O–H groups in total. The predicted octanol–water partition coefficient (Wildman–Crippen LogP) is 16.7. The Kier molecular flexibility index (Phi) is 7.70. The highest BCUT2D eigenvalue weighted by Crippen LogP contribution is 2.52. The smallest absolute Gasteiger partial charge is 0.0159 e. The molecule has 0 saturated carbocycles. The van der Waals surface area contributed by atoms with Gasteiger partial charge in [-0.1, -0.05) is 174 Å². The molecule has 0 spiro atoms. The Morgan fingerprint density at radius 3 is 1.44 bits per heavy atom. The van der Waals surface area contributed by atoms with E-state index in [1.165, 1.54) is 126 Å². The van der Waals surface area contributed by atoms with Gasteiger partial charge in [0.05, 0.1) is 0 Å². The van der Waals surface area contributed by atoms with E-state index in [1.807, 2.05) is 0 Å². The molecule has 0 saturated heterocycles. The van der Waals surface area contributed by atoms with Crippen LogP contribution in [0.1, 0.15) is 62.4 Å². The van der Waals surface area contributed by atoms with E-state index in [2.05, 4.69) is 212 Å². The summed E-state index contributed by atoms with van der Waals surface area (Å²) in [6.07, 6.45) is 0. The monoisotopic (exact) mass is 756 g/mol. The van der Waals surface area contributed by atoms with E-state index in [-0.39, 0.29) is 10.8 Å². The zero-order valence-corrected chi connectivity index (χ0v) is 35.1. The maximum atomic E-state index is 2.51. The Morgan fingerprint density at radius 1 is 0.356 bits per heavy atom. The van der Waals surface area contributed by atoms with Crippen LogP contribution in [-0.2, 0) is 10.8 Å². The molecule has 0 heterocycles. The van der Waals surface area contributed by atoms with Gasteiger partial charge in [-0.3, -0.25) is 0 Å². The third kappa shape index (κ3) is 5.36. The van der Waals surface area contributed by atoms with Crippen molar-refractivity contribution in [2.75, 3.05) is 0 Å². The van der Waals surface area contributed by atoms with Gasteiger partial charge in [-0.05, 0) is 170 Å². The molecule has 0 nitrogen and oxygen atoms in total. The van der Waals surface area contributed by atoms with Gasteiger partial charge in [-0.25, -0.2) is 0 Å². The maximum absolute atomic E-state index is 2.51. The first-order valence-corrected chi connectivity index (χ1v) is 21.2. The summed E-state index contributed by atoms with van der Waals surface area (Å²) in [5.41, 5.74) is 17.2. The van der Waals surface area contributed by atoms with Crippen molar-refractivity contribution in [2.45, 2.75) is 59.3 Å². The summed E-state index contributed by atoms with van der Waals surface area (Å²) in [5, 5.41) is 12.8. The van der Waals surface area contributed by atoms with Gasteiger partial charge in [-0.15, -0.1) is 0 Å². The van der Waals surface area contributed by atoms with E-state index in [0.29, 0.717) is 0 Å². The Balaban J connectivity index is 1.20. The number of benzene rings is 10. The fraction of sp³-hybridized carbons (Fsp3) is 0.153. The molecule has 284 valence electrons. The number of fused-ring (bicyclic) bond motifs is 10. The van der Waals surface area contributed by atoms with E-state index in [1.54, 1.807) is 0 Å². The summed E-state index contributed by atoms with van der Waals surface area (Å²) in [7, 11) is 0. The highest BCUT2D eigenvalue weighted by Gasteiger charge is 2.36. The van der Waals surface area contributed by atoms with Crippen LogP contribution >= 0.6 is 0 Å². The third-order valence-corrected chi connectivity index (χ3v) is 13.7. The highest BCUT2D eigenvalue weighted by molar-refractivity contribution is 6.26. The van der Waals surface area contributed by atoms with Crippen LogP contribution in [0.25, 0.3) is 98.4 Å². The lowest BCUT2D eigenvalue weighted by Gasteiger charge is -2.25. The van der Waals surface area contributed by atoms with E-state index in [9.17, 15) is 0 Å². The molecular weight excluding hydrogens is 709 g/mol. The van der Waals surface area contributed by atoms with Crippen LogP contribution in [0, 0.1) is 13.8 Å². The molecule has 10 aromatic rings. The van der Waals surface area contributed by atoms with Crippen LogP contribution in [0.4, 0.5) is 0 Å². The van der Waals surface area contributed by atoms with E-state index < -0.39 is 0 Å². The zero-order valence-electron chi connectivity index (χ0n) is 35.1. The van der Waals surface area contributed by atoms with Gasteiger partial charge in [0.25, 0.3) is 0 Å². The summed E-state index contributed by atoms with van der Waals surface area (Å²) in [5.74, 6) is 0. The fourth-order valence-corrected chi connectivity index (χ4v) is 10.5. The number of rotatable bonds is 3. The van der Waals surface area contributed by atoms with Gasteiger partial charge in [0.15, 0.2) is 0 Å². The number of hydrogen-bond donors (Lipinski definition) is 0. The average Bonchev–Trinajstić information content (AvgIpc) is 3.47. The van der Waals surface area contributed by atoms with Gasteiger partial charge >= 0.3 is 0 Å². The third-order valence-electron chi connectivity index (χ3n) is 13.7. The first-order chi connectivity index (χ1) is 28.5. The van der Waals surface area contributed by atoms with Gasteiger partial charge in [0.1, 0.15) is 0 Å². The predicted molar refractivity (Wildman–Crippen MR) is 256 cm³/mol. The maximum Gasteiger partial charge on any atom is 0.0159 e. The van der Waals surface area contributed by atoms with E-state index >= 15 is 0 Å². The largest absolute Gasteiger partial charge is 0.0616 e. The van der Waals surface area contributed by atoms with Crippen LogP contribution in [0.3, 0.4) is 0 Å². The molecule has 0 fully saturated rings. The molecule has 1 aliphatic carbocycles. The highest BCUT2D eigenvalue weighted by atomic mass is 14.4. The lowest BCUT2D eigenvalue weighted by Crippen LogP contribution is -2.17. The minimum atomic E-state index is -0.0998. The van der Waals surface area contributed by atoms with Gasteiger partial charge < -0.3 is 0 Å². The van der Waals surface area contributed by atoms with Crippen molar-refractivity contribution in [2.24, 2.45) is 0 Å². The molecule has 0 aromatic heterocycles. The molecule has 0 unspecified atom stereocenters. The number of hydrogen-bond acceptors (Lipinski definition) is 0. The van der Waals surface area contributed by atoms with Crippen molar-refractivity contribution in [3.05, 3.63) is 192 Å². The Labute approximate surface area is 347 Å².